The molecule has 1 aliphatic rings. The normalized spacial score (nSPS) is 14.0. The molecule has 0 fully saturated rings. The molecular formula is C24H23NO4. The molecule has 0 atom stereocenters. The Balaban J connectivity index is 1.39. The Morgan fingerprint density at radius 1 is 1.07 bits per heavy atom. The molecule has 29 heavy (non-hydrogen) atoms. The summed E-state index contributed by atoms with van der Waals surface area (Å²) in [5.74, 6) is 1.51. The molecule has 0 aromatic heterocycles. The first-order chi connectivity index (χ1) is 13.9. The van der Waals surface area contributed by atoms with Crippen molar-refractivity contribution in [1.82, 2.24) is 0 Å². The molecule has 148 valence electrons. The van der Waals surface area contributed by atoms with Gasteiger partial charge in [0.25, 0.3) is 5.91 Å². The van der Waals surface area contributed by atoms with E-state index in [0.717, 1.165) is 29.0 Å². The fourth-order valence-corrected chi connectivity index (χ4v) is 3.36. The summed E-state index contributed by atoms with van der Waals surface area (Å²) in [5.41, 5.74) is 3.08. The molecule has 0 aliphatic carbocycles. The summed E-state index contributed by atoms with van der Waals surface area (Å²) in [6.45, 7) is 4.53. The van der Waals surface area contributed by atoms with Gasteiger partial charge in [-0.15, -0.1) is 0 Å². The van der Waals surface area contributed by atoms with Crippen LogP contribution in [0, 0.1) is 0 Å². The Morgan fingerprint density at radius 2 is 1.79 bits per heavy atom. The molecule has 0 spiro atoms. The summed E-state index contributed by atoms with van der Waals surface area (Å²) in [6, 6.07) is 19.6. The third kappa shape index (κ3) is 4.35. The Hall–Kier alpha value is -3.47. The summed E-state index contributed by atoms with van der Waals surface area (Å²) in [4.78, 5) is 12.4. The smallest absolute Gasteiger partial charge is 0.255 e. The lowest BCUT2D eigenvalue weighted by atomic mass is 10.0. The monoisotopic (exact) mass is 389 g/mol. The number of hydrogen-bond acceptors (Lipinski definition) is 4. The molecule has 0 bridgehead atoms. The largest absolute Gasteiger partial charge is 0.508 e. The highest BCUT2D eigenvalue weighted by molar-refractivity contribution is 6.04. The van der Waals surface area contributed by atoms with E-state index in [9.17, 15) is 9.90 Å². The molecule has 1 heterocycles. The average Bonchev–Trinajstić information content (AvgIpc) is 3.03. The van der Waals surface area contributed by atoms with E-state index < -0.39 is 0 Å². The molecule has 3 aromatic rings. The minimum atomic E-state index is -0.214. The SMILES string of the molecule is CC1(C)Cc2cccc(OCc3ccc(C(=O)Nc4ccc(O)cc4)cc3)c2O1. The molecule has 5 heteroatoms. The van der Waals surface area contributed by atoms with Gasteiger partial charge in [-0.25, -0.2) is 0 Å². The van der Waals surface area contributed by atoms with Crippen LogP contribution in [0.3, 0.4) is 0 Å². The molecule has 0 radical (unpaired) electrons. The van der Waals surface area contributed by atoms with Crippen LogP contribution >= 0.6 is 0 Å². The number of phenolic OH excluding ortho intramolecular Hbond substituents is 1. The zero-order valence-electron chi connectivity index (χ0n) is 16.4. The van der Waals surface area contributed by atoms with E-state index in [4.69, 9.17) is 9.47 Å². The van der Waals surface area contributed by atoms with Gasteiger partial charge in [0.15, 0.2) is 11.5 Å². The van der Waals surface area contributed by atoms with Gasteiger partial charge >= 0.3 is 0 Å². The molecule has 1 aliphatic heterocycles. The summed E-state index contributed by atoms with van der Waals surface area (Å²) in [7, 11) is 0. The number of benzene rings is 3. The van der Waals surface area contributed by atoms with Gasteiger partial charge in [-0.1, -0.05) is 24.3 Å². The number of phenols is 1. The first-order valence-corrected chi connectivity index (χ1v) is 9.53. The van der Waals surface area contributed by atoms with Gasteiger partial charge < -0.3 is 19.9 Å². The van der Waals surface area contributed by atoms with Crippen LogP contribution in [-0.2, 0) is 13.0 Å². The lowest BCUT2D eigenvalue weighted by Gasteiger charge is -2.18. The maximum Gasteiger partial charge on any atom is 0.255 e. The van der Waals surface area contributed by atoms with Crippen LogP contribution in [0.15, 0.2) is 66.7 Å². The van der Waals surface area contributed by atoms with Gasteiger partial charge in [0.2, 0.25) is 0 Å². The van der Waals surface area contributed by atoms with E-state index in [-0.39, 0.29) is 17.3 Å². The molecule has 1 amide bonds. The van der Waals surface area contributed by atoms with Crippen molar-refractivity contribution in [3.63, 3.8) is 0 Å². The zero-order chi connectivity index (χ0) is 20.4. The van der Waals surface area contributed by atoms with E-state index >= 15 is 0 Å². The van der Waals surface area contributed by atoms with Crippen molar-refractivity contribution in [2.24, 2.45) is 0 Å². The number of hydrogen-bond donors (Lipinski definition) is 2. The molecule has 3 aromatic carbocycles. The van der Waals surface area contributed by atoms with Gasteiger partial charge in [0.1, 0.15) is 18.0 Å². The first kappa shape index (κ1) is 18.9. The number of fused-ring (bicyclic) bond motifs is 1. The second-order valence-corrected chi connectivity index (χ2v) is 7.77. The number of rotatable bonds is 5. The molecule has 2 N–H and O–H groups in total. The van der Waals surface area contributed by atoms with Gasteiger partial charge in [-0.3, -0.25) is 4.79 Å². The Bertz CT molecular complexity index is 1020. The van der Waals surface area contributed by atoms with Crippen LogP contribution < -0.4 is 14.8 Å². The minimum Gasteiger partial charge on any atom is -0.508 e. The minimum absolute atomic E-state index is 0.158. The van der Waals surface area contributed by atoms with Gasteiger partial charge in [0.05, 0.1) is 0 Å². The average molecular weight is 389 g/mol. The molecular weight excluding hydrogens is 366 g/mol. The van der Waals surface area contributed by atoms with Crippen molar-refractivity contribution in [3.8, 4) is 17.2 Å². The lowest BCUT2D eigenvalue weighted by molar-refractivity contribution is 0.102. The summed E-state index contributed by atoms with van der Waals surface area (Å²) < 4.78 is 12.0. The number of carbonyl (C=O) groups excluding carboxylic acids is 1. The Labute approximate surface area is 169 Å². The fourth-order valence-electron chi connectivity index (χ4n) is 3.36. The third-order valence-electron chi connectivity index (χ3n) is 4.79. The molecule has 4 rings (SSSR count). The topological polar surface area (TPSA) is 67.8 Å². The van der Waals surface area contributed by atoms with Crippen LogP contribution in [0.5, 0.6) is 17.2 Å². The van der Waals surface area contributed by atoms with E-state index in [1.807, 2.05) is 24.3 Å². The van der Waals surface area contributed by atoms with Crippen molar-refractivity contribution < 1.29 is 19.4 Å². The lowest BCUT2D eigenvalue weighted by Crippen LogP contribution is -2.24. The van der Waals surface area contributed by atoms with E-state index in [0.29, 0.717) is 17.9 Å². The zero-order valence-corrected chi connectivity index (χ0v) is 16.4. The number of amides is 1. The predicted octanol–water partition coefficient (Wildman–Crippen LogP) is 4.94. The molecule has 0 saturated carbocycles. The predicted molar refractivity (Wildman–Crippen MR) is 112 cm³/mol. The number of anilines is 1. The van der Waals surface area contributed by atoms with Crippen molar-refractivity contribution >= 4 is 11.6 Å². The van der Waals surface area contributed by atoms with Crippen LogP contribution in [0.4, 0.5) is 5.69 Å². The summed E-state index contributed by atoms with van der Waals surface area (Å²) in [6.07, 6.45) is 0.865. The second kappa shape index (κ2) is 7.51. The standard InChI is InChI=1S/C24H23NO4/c1-24(2)14-18-4-3-5-21(22(18)29-24)28-15-16-6-8-17(9-7-16)23(27)25-19-10-12-20(26)13-11-19/h3-13,26H,14-15H2,1-2H3,(H,25,27). The third-order valence-corrected chi connectivity index (χ3v) is 4.79. The number of para-hydroxylation sites is 1. The van der Waals surface area contributed by atoms with Gasteiger partial charge in [-0.2, -0.15) is 0 Å². The number of carbonyl (C=O) groups is 1. The van der Waals surface area contributed by atoms with Crippen LogP contribution in [-0.4, -0.2) is 16.6 Å². The Kier molecular flexibility index (Phi) is 4.89. The second-order valence-electron chi connectivity index (χ2n) is 7.77. The Morgan fingerprint density at radius 3 is 2.52 bits per heavy atom. The van der Waals surface area contributed by atoms with Crippen molar-refractivity contribution in [2.45, 2.75) is 32.5 Å². The van der Waals surface area contributed by atoms with Crippen molar-refractivity contribution in [2.75, 3.05) is 5.32 Å². The van der Waals surface area contributed by atoms with E-state index in [2.05, 4.69) is 25.2 Å². The summed E-state index contributed by atoms with van der Waals surface area (Å²) in [5, 5.41) is 12.1. The number of aromatic hydroxyl groups is 1. The maximum absolute atomic E-state index is 12.4. The van der Waals surface area contributed by atoms with Gasteiger partial charge in [-0.05, 0) is 61.9 Å². The molecule has 0 saturated heterocycles. The molecule has 0 unspecified atom stereocenters. The van der Waals surface area contributed by atoms with Gasteiger partial charge in [0, 0.05) is 23.2 Å². The maximum atomic E-state index is 12.4. The molecule has 5 nitrogen and oxygen atoms in total. The van der Waals surface area contributed by atoms with E-state index in [1.54, 1.807) is 24.3 Å². The fraction of sp³-hybridized carbons (Fsp3) is 0.208. The van der Waals surface area contributed by atoms with Crippen LogP contribution in [0.1, 0.15) is 35.3 Å². The number of ether oxygens (including phenoxy) is 2. The quantitative estimate of drug-likeness (QED) is 0.607. The van der Waals surface area contributed by atoms with Crippen LogP contribution in [0.2, 0.25) is 0 Å². The van der Waals surface area contributed by atoms with Crippen molar-refractivity contribution in [1.29, 1.82) is 0 Å². The van der Waals surface area contributed by atoms with E-state index in [1.165, 1.54) is 12.1 Å². The first-order valence-electron chi connectivity index (χ1n) is 9.53. The summed E-state index contributed by atoms with van der Waals surface area (Å²) >= 11 is 0. The van der Waals surface area contributed by atoms with Crippen molar-refractivity contribution in [3.05, 3.63) is 83.4 Å². The highest BCUT2D eigenvalue weighted by Gasteiger charge is 2.32. The number of nitrogens with one attached hydrogen (secondary N) is 1. The highest BCUT2D eigenvalue weighted by Crippen LogP contribution is 2.41. The highest BCUT2D eigenvalue weighted by atomic mass is 16.5. The van der Waals surface area contributed by atoms with Crippen LogP contribution in [0.25, 0.3) is 0 Å².